The Balaban J connectivity index is 2.32. The Morgan fingerprint density at radius 3 is 2.74 bits per heavy atom. The van der Waals surface area contributed by atoms with Crippen molar-refractivity contribution in [1.29, 1.82) is 0 Å². The predicted molar refractivity (Wildman–Crippen MR) is 79.6 cm³/mol. The zero-order valence-corrected chi connectivity index (χ0v) is 11.8. The lowest BCUT2D eigenvalue weighted by Crippen LogP contribution is -1.98. The molecule has 94 valence electrons. The van der Waals surface area contributed by atoms with E-state index in [1.54, 1.807) is 6.20 Å². The fourth-order valence-electron chi connectivity index (χ4n) is 2.00. The summed E-state index contributed by atoms with van der Waals surface area (Å²) in [6, 6.07) is 9.91. The monoisotopic (exact) mass is 314 g/mol. The predicted octanol–water partition coefficient (Wildman–Crippen LogP) is 3.34. The van der Waals surface area contributed by atoms with E-state index in [-0.39, 0.29) is 0 Å². The molecule has 0 unspecified atom stereocenters. The largest absolute Gasteiger partial charge is 0.383 e. The number of rotatable bonds is 1. The fourth-order valence-corrected chi connectivity index (χ4v) is 2.19. The Kier molecular flexibility index (Phi) is 2.91. The van der Waals surface area contributed by atoms with Crippen molar-refractivity contribution < 1.29 is 0 Å². The van der Waals surface area contributed by atoms with E-state index in [9.17, 15) is 0 Å². The number of nitrogens with zero attached hydrogens (tertiary/aromatic N) is 3. The van der Waals surface area contributed by atoms with Crippen molar-refractivity contribution in [2.24, 2.45) is 0 Å². The molecule has 3 rings (SSSR count). The summed E-state index contributed by atoms with van der Waals surface area (Å²) in [4.78, 5) is 13.2. The highest BCUT2D eigenvalue weighted by Crippen LogP contribution is 2.27. The molecular formula is C14H11BrN4. The van der Waals surface area contributed by atoms with E-state index in [2.05, 4.69) is 30.9 Å². The third-order valence-corrected chi connectivity index (χ3v) is 3.47. The van der Waals surface area contributed by atoms with E-state index in [0.717, 1.165) is 22.2 Å². The SMILES string of the molecule is Cc1cc(-c2ncc(Br)c(N)n2)c2ccccc2n1. The molecule has 0 saturated carbocycles. The van der Waals surface area contributed by atoms with Crippen molar-refractivity contribution in [3.63, 3.8) is 0 Å². The van der Waals surface area contributed by atoms with Gasteiger partial charge in [-0.1, -0.05) is 18.2 Å². The number of hydrogen-bond donors (Lipinski definition) is 1. The summed E-state index contributed by atoms with van der Waals surface area (Å²) < 4.78 is 0.700. The summed E-state index contributed by atoms with van der Waals surface area (Å²) in [7, 11) is 0. The quantitative estimate of drug-likeness (QED) is 0.748. The normalized spacial score (nSPS) is 10.8. The van der Waals surface area contributed by atoms with Crippen LogP contribution < -0.4 is 5.73 Å². The van der Waals surface area contributed by atoms with Crippen LogP contribution in [0.25, 0.3) is 22.3 Å². The summed E-state index contributed by atoms with van der Waals surface area (Å²) in [5.74, 6) is 1.05. The van der Waals surface area contributed by atoms with Crippen LogP contribution >= 0.6 is 15.9 Å². The number of aromatic nitrogens is 3. The van der Waals surface area contributed by atoms with Crippen molar-refractivity contribution in [1.82, 2.24) is 15.0 Å². The van der Waals surface area contributed by atoms with Crippen LogP contribution in [0.3, 0.4) is 0 Å². The standard InChI is InChI=1S/C14H11BrN4/c1-8-6-10(9-4-2-3-5-12(9)18-8)14-17-7-11(15)13(16)19-14/h2-7H,1H3,(H2,16,17,19). The Bertz CT molecular complexity index is 770. The van der Waals surface area contributed by atoms with E-state index in [1.807, 2.05) is 37.3 Å². The molecule has 2 N–H and O–H groups in total. The number of benzene rings is 1. The van der Waals surface area contributed by atoms with Gasteiger partial charge in [0.15, 0.2) is 5.82 Å². The highest BCUT2D eigenvalue weighted by Gasteiger charge is 2.10. The molecular weight excluding hydrogens is 304 g/mol. The average Bonchev–Trinajstić information content (AvgIpc) is 2.41. The first-order valence-electron chi connectivity index (χ1n) is 5.80. The van der Waals surface area contributed by atoms with Crippen LogP contribution in [0, 0.1) is 6.92 Å². The zero-order chi connectivity index (χ0) is 13.4. The molecule has 2 aromatic heterocycles. The van der Waals surface area contributed by atoms with E-state index in [0.29, 0.717) is 16.1 Å². The maximum Gasteiger partial charge on any atom is 0.162 e. The molecule has 3 aromatic rings. The van der Waals surface area contributed by atoms with E-state index in [1.165, 1.54) is 0 Å². The van der Waals surface area contributed by atoms with Gasteiger partial charge in [0.2, 0.25) is 0 Å². The summed E-state index contributed by atoms with van der Waals surface area (Å²) in [5.41, 5.74) is 8.64. The Hall–Kier alpha value is -2.01. The van der Waals surface area contributed by atoms with Gasteiger partial charge in [-0.3, -0.25) is 4.98 Å². The molecule has 2 heterocycles. The minimum atomic E-state index is 0.434. The highest BCUT2D eigenvalue weighted by atomic mass is 79.9. The topological polar surface area (TPSA) is 64.7 Å². The Morgan fingerprint density at radius 1 is 1.16 bits per heavy atom. The third kappa shape index (κ3) is 2.17. The van der Waals surface area contributed by atoms with Crippen molar-refractivity contribution in [3.8, 4) is 11.4 Å². The highest BCUT2D eigenvalue weighted by molar-refractivity contribution is 9.10. The van der Waals surface area contributed by atoms with Gasteiger partial charge in [0.1, 0.15) is 5.82 Å². The van der Waals surface area contributed by atoms with E-state index < -0.39 is 0 Å². The van der Waals surface area contributed by atoms with E-state index in [4.69, 9.17) is 5.73 Å². The number of para-hydroxylation sites is 1. The second-order valence-electron chi connectivity index (χ2n) is 4.26. The van der Waals surface area contributed by atoms with Gasteiger partial charge in [-0.15, -0.1) is 0 Å². The number of pyridine rings is 1. The van der Waals surface area contributed by atoms with Crippen LogP contribution in [0.1, 0.15) is 5.69 Å². The average molecular weight is 315 g/mol. The molecule has 0 radical (unpaired) electrons. The molecule has 0 bridgehead atoms. The number of aryl methyl sites for hydroxylation is 1. The Morgan fingerprint density at radius 2 is 1.95 bits per heavy atom. The first-order chi connectivity index (χ1) is 9.15. The molecule has 0 aliphatic heterocycles. The van der Waals surface area contributed by atoms with Gasteiger partial charge >= 0.3 is 0 Å². The third-order valence-electron chi connectivity index (χ3n) is 2.86. The fraction of sp³-hybridized carbons (Fsp3) is 0.0714. The summed E-state index contributed by atoms with van der Waals surface area (Å²) >= 11 is 3.30. The van der Waals surface area contributed by atoms with Gasteiger partial charge in [0, 0.05) is 22.8 Å². The smallest absolute Gasteiger partial charge is 0.162 e. The zero-order valence-electron chi connectivity index (χ0n) is 10.3. The van der Waals surface area contributed by atoms with Crippen molar-refractivity contribution in [2.45, 2.75) is 6.92 Å². The molecule has 1 aromatic carbocycles. The lowest BCUT2D eigenvalue weighted by molar-refractivity contribution is 1.16. The molecule has 5 heteroatoms. The number of nitrogen functional groups attached to an aromatic ring is 1. The van der Waals surface area contributed by atoms with Crippen molar-refractivity contribution >= 4 is 32.7 Å². The number of hydrogen-bond acceptors (Lipinski definition) is 4. The first-order valence-corrected chi connectivity index (χ1v) is 6.59. The molecule has 0 fully saturated rings. The summed E-state index contributed by atoms with van der Waals surface area (Å²) in [6.45, 7) is 1.96. The van der Waals surface area contributed by atoms with Crippen LogP contribution in [0.15, 0.2) is 41.0 Å². The summed E-state index contributed by atoms with van der Waals surface area (Å²) in [5, 5.41) is 1.02. The molecule has 19 heavy (non-hydrogen) atoms. The number of halogens is 1. The summed E-state index contributed by atoms with van der Waals surface area (Å²) in [6.07, 6.45) is 1.67. The van der Waals surface area contributed by atoms with Crippen LogP contribution in [-0.2, 0) is 0 Å². The van der Waals surface area contributed by atoms with Gasteiger partial charge in [0.05, 0.1) is 9.99 Å². The Labute approximate surface area is 118 Å². The van der Waals surface area contributed by atoms with Gasteiger partial charge in [0.25, 0.3) is 0 Å². The number of nitrogens with two attached hydrogens (primary N) is 1. The number of fused-ring (bicyclic) bond motifs is 1. The minimum absolute atomic E-state index is 0.434. The maximum absolute atomic E-state index is 5.83. The molecule has 0 amide bonds. The molecule has 0 atom stereocenters. The maximum atomic E-state index is 5.83. The molecule has 0 spiro atoms. The van der Waals surface area contributed by atoms with Gasteiger partial charge in [-0.05, 0) is 35.0 Å². The molecule has 0 aliphatic carbocycles. The lowest BCUT2D eigenvalue weighted by atomic mass is 10.1. The molecule has 4 nitrogen and oxygen atoms in total. The lowest BCUT2D eigenvalue weighted by Gasteiger charge is -2.07. The van der Waals surface area contributed by atoms with E-state index >= 15 is 0 Å². The van der Waals surface area contributed by atoms with Crippen LogP contribution in [-0.4, -0.2) is 15.0 Å². The number of anilines is 1. The van der Waals surface area contributed by atoms with Crippen molar-refractivity contribution in [3.05, 3.63) is 46.7 Å². The molecule has 0 saturated heterocycles. The van der Waals surface area contributed by atoms with Gasteiger partial charge in [-0.25, -0.2) is 9.97 Å². The van der Waals surface area contributed by atoms with Crippen LogP contribution in [0.2, 0.25) is 0 Å². The second kappa shape index (κ2) is 4.59. The van der Waals surface area contributed by atoms with Crippen molar-refractivity contribution in [2.75, 3.05) is 5.73 Å². The van der Waals surface area contributed by atoms with Crippen LogP contribution in [0.4, 0.5) is 5.82 Å². The van der Waals surface area contributed by atoms with Gasteiger partial charge < -0.3 is 5.73 Å². The van der Waals surface area contributed by atoms with Gasteiger partial charge in [-0.2, -0.15) is 0 Å². The second-order valence-corrected chi connectivity index (χ2v) is 5.11. The minimum Gasteiger partial charge on any atom is -0.383 e. The van der Waals surface area contributed by atoms with Crippen LogP contribution in [0.5, 0.6) is 0 Å². The first kappa shape index (κ1) is 12.0. The molecule has 0 aliphatic rings.